The first-order chi connectivity index (χ1) is 10.4. The molecule has 0 radical (unpaired) electrons. The van der Waals surface area contributed by atoms with Crippen LogP contribution in [0.1, 0.15) is 19.3 Å². The number of alkyl halides is 3. The number of anilines is 1. The van der Waals surface area contributed by atoms with Gasteiger partial charge in [0.1, 0.15) is 12.4 Å². The molecule has 1 saturated carbocycles. The quantitative estimate of drug-likeness (QED) is 0.748. The van der Waals surface area contributed by atoms with Crippen LogP contribution in [-0.2, 0) is 9.53 Å². The fourth-order valence-electron chi connectivity index (χ4n) is 1.75. The van der Waals surface area contributed by atoms with Crippen molar-refractivity contribution in [2.24, 2.45) is 5.92 Å². The van der Waals surface area contributed by atoms with Gasteiger partial charge in [0.15, 0.2) is 0 Å². The molecular formula is C15H18F3NO3. The number of carbonyl (C=O) groups is 1. The van der Waals surface area contributed by atoms with E-state index in [1.165, 1.54) is 0 Å². The van der Waals surface area contributed by atoms with Crippen LogP contribution in [0.15, 0.2) is 24.3 Å². The minimum Gasteiger partial charge on any atom is -0.491 e. The molecule has 2 rings (SSSR count). The van der Waals surface area contributed by atoms with Crippen LogP contribution >= 0.6 is 0 Å². The Kier molecular flexibility index (Phi) is 5.65. The number of hydrogen-bond acceptors (Lipinski definition) is 3. The molecule has 1 aliphatic carbocycles. The summed E-state index contributed by atoms with van der Waals surface area (Å²) in [7, 11) is 0. The smallest absolute Gasteiger partial charge is 0.411 e. The van der Waals surface area contributed by atoms with Gasteiger partial charge < -0.3 is 14.8 Å². The molecule has 22 heavy (non-hydrogen) atoms. The number of carbonyl (C=O) groups excluding carboxylic acids is 1. The lowest BCUT2D eigenvalue weighted by molar-refractivity contribution is -0.174. The molecule has 0 heterocycles. The van der Waals surface area contributed by atoms with Crippen LogP contribution in [0.2, 0.25) is 0 Å². The fraction of sp³-hybridized carbons (Fsp3) is 0.533. The van der Waals surface area contributed by atoms with E-state index in [0.717, 1.165) is 12.8 Å². The lowest BCUT2D eigenvalue weighted by Gasteiger charge is -2.12. The normalized spacial score (nSPS) is 14.7. The molecule has 4 nitrogen and oxygen atoms in total. The second-order valence-electron chi connectivity index (χ2n) is 5.22. The minimum atomic E-state index is -4.38. The largest absolute Gasteiger partial charge is 0.491 e. The first-order valence-electron chi connectivity index (χ1n) is 7.10. The average Bonchev–Trinajstić information content (AvgIpc) is 3.26. The Morgan fingerprint density at radius 1 is 1.27 bits per heavy atom. The Bertz CT molecular complexity index is 501. The maximum absolute atomic E-state index is 11.9. The van der Waals surface area contributed by atoms with E-state index in [-0.39, 0.29) is 13.0 Å². The Morgan fingerprint density at radius 2 is 2.00 bits per heavy atom. The predicted molar refractivity (Wildman–Crippen MR) is 74.8 cm³/mol. The highest BCUT2D eigenvalue weighted by atomic mass is 19.4. The summed E-state index contributed by atoms with van der Waals surface area (Å²) in [4.78, 5) is 11.7. The molecule has 1 amide bonds. The zero-order valence-corrected chi connectivity index (χ0v) is 12.0. The second-order valence-corrected chi connectivity index (χ2v) is 5.22. The molecule has 1 aliphatic rings. The zero-order chi connectivity index (χ0) is 16.0. The molecular weight excluding hydrogens is 299 g/mol. The van der Waals surface area contributed by atoms with Crippen LogP contribution in [-0.4, -0.2) is 31.9 Å². The average molecular weight is 317 g/mol. The van der Waals surface area contributed by atoms with E-state index in [1.54, 1.807) is 24.3 Å². The van der Waals surface area contributed by atoms with E-state index >= 15 is 0 Å². The molecule has 7 heteroatoms. The Balaban J connectivity index is 1.75. The summed E-state index contributed by atoms with van der Waals surface area (Å²) in [6.45, 7) is -1.01. The summed E-state index contributed by atoms with van der Waals surface area (Å²) < 4.78 is 45.7. The first kappa shape index (κ1) is 16.6. The van der Waals surface area contributed by atoms with E-state index in [2.05, 4.69) is 10.1 Å². The van der Waals surface area contributed by atoms with Gasteiger partial charge in [-0.2, -0.15) is 13.2 Å². The molecule has 122 valence electrons. The van der Waals surface area contributed by atoms with Crippen molar-refractivity contribution >= 4 is 11.6 Å². The molecule has 1 aromatic rings. The van der Waals surface area contributed by atoms with Gasteiger partial charge in [0.05, 0.1) is 25.3 Å². The highest BCUT2D eigenvalue weighted by Crippen LogP contribution is 2.31. The van der Waals surface area contributed by atoms with Gasteiger partial charge >= 0.3 is 6.18 Å². The summed E-state index contributed by atoms with van der Waals surface area (Å²) in [5.41, 5.74) is 0.518. The summed E-state index contributed by atoms with van der Waals surface area (Å²) in [6, 6.07) is 6.99. The van der Waals surface area contributed by atoms with Crippen LogP contribution < -0.4 is 10.1 Å². The zero-order valence-electron chi connectivity index (χ0n) is 12.0. The molecule has 0 aromatic heterocycles. The van der Waals surface area contributed by atoms with Crippen molar-refractivity contribution in [2.45, 2.75) is 25.4 Å². The van der Waals surface area contributed by atoms with Crippen molar-refractivity contribution in [1.82, 2.24) is 0 Å². The van der Waals surface area contributed by atoms with E-state index in [1.807, 2.05) is 0 Å². The number of halogens is 3. The molecule has 0 bridgehead atoms. The van der Waals surface area contributed by atoms with Gasteiger partial charge in [-0.1, -0.05) is 12.1 Å². The summed E-state index contributed by atoms with van der Waals surface area (Å²) >= 11 is 0. The van der Waals surface area contributed by atoms with Gasteiger partial charge in [-0.05, 0) is 30.9 Å². The Labute approximate surface area is 126 Å². The highest BCUT2D eigenvalue weighted by molar-refractivity contribution is 5.92. The second kappa shape index (κ2) is 7.49. The standard InChI is InChI=1S/C15H18F3NO3/c16-15(17,18)10-21-8-7-14(20)19-12-3-1-2-4-13(12)22-9-11-5-6-11/h1-4,11H,5-10H2,(H,19,20). The van der Waals surface area contributed by atoms with Crippen molar-refractivity contribution < 1.29 is 27.4 Å². The van der Waals surface area contributed by atoms with Gasteiger partial charge in [-0.25, -0.2) is 0 Å². The molecule has 0 atom stereocenters. The molecule has 0 spiro atoms. The van der Waals surface area contributed by atoms with Crippen LogP contribution in [0, 0.1) is 5.92 Å². The van der Waals surface area contributed by atoms with Crippen molar-refractivity contribution in [3.05, 3.63) is 24.3 Å². The first-order valence-corrected chi connectivity index (χ1v) is 7.10. The van der Waals surface area contributed by atoms with Gasteiger partial charge in [0.2, 0.25) is 5.91 Å². The number of benzene rings is 1. The molecule has 1 fully saturated rings. The third-order valence-corrected chi connectivity index (χ3v) is 3.07. The van der Waals surface area contributed by atoms with E-state index in [0.29, 0.717) is 24.0 Å². The number of rotatable bonds is 8. The van der Waals surface area contributed by atoms with Crippen LogP contribution in [0.25, 0.3) is 0 Å². The molecule has 0 unspecified atom stereocenters. The SMILES string of the molecule is O=C(CCOCC(F)(F)F)Nc1ccccc1OCC1CC1. The summed E-state index contributed by atoms with van der Waals surface area (Å²) in [5, 5.41) is 2.63. The third-order valence-electron chi connectivity index (χ3n) is 3.07. The highest BCUT2D eigenvalue weighted by Gasteiger charge is 2.27. The van der Waals surface area contributed by atoms with E-state index in [9.17, 15) is 18.0 Å². The van der Waals surface area contributed by atoms with Crippen molar-refractivity contribution in [3.63, 3.8) is 0 Å². The maximum atomic E-state index is 11.9. The fourth-order valence-corrected chi connectivity index (χ4v) is 1.75. The predicted octanol–water partition coefficient (Wildman–Crippen LogP) is 3.38. The lowest BCUT2D eigenvalue weighted by atomic mass is 10.2. The number of hydrogen-bond donors (Lipinski definition) is 1. The summed E-state index contributed by atoms with van der Waals surface area (Å²) in [5.74, 6) is 0.739. The minimum absolute atomic E-state index is 0.146. The number of ether oxygens (including phenoxy) is 2. The van der Waals surface area contributed by atoms with Crippen molar-refractivity contribution in [1.29, 1.82) is 0 Å². The Morgan fingerprint density at radius 3 is 2.68 bits per heavy atom. The van der Waals surface area contributed by atoms with Crippen molar-refractivity contribution in [2.75, 3.05) is 25.1 Å². The van der Waals surface area contributed by atoms with E-state index < -0.39 is 18.7 Å². The topological polar surface area (TPSA) is 47.6 Å². The number of para-hydroxylation sites is 2. The van der Waals surface area contributed by atoms with Gasteiger partial charge in [-0.3, -0.25) is 4.79 Å². The number of nitrogens with one attached hydrogen (secondary N) is 1. The molecule has 0 aliphatic heterocycles. The van der Waals surface area contributed by atoms with Gasteiger partial charge in [0.25, 0.3) is 0 Å². The van der Waals surface area contributed by atoms with Crippen LogP contribution in [0.3, 0.4) is 0 Å². The van der Waals surface area contributed by atoms with E-state index in [4.69, 9.17) is 4.74 Å². The molecule has 1 N–H and O–H groups in total. The maximum Gasteiger partial charge on any atom is 0.411 e. The van der Waals surface area contributed by atoms with Gasteiger partial charge in [0, 0.05) is 0 Å². The third kappa shape index (κ3) is 6.34. The van der Waals surface area contributed by atoms with Crippen LogP contribution in [0.4, 0.5) is 18.9 Å². The van der Waals surface area contributed by atoms with Crippen molar-refractivity contribution in [3.8, 4) is 5.75 Å². The lowest BCUT2D eigenvalue weighted by Crippen LogP contribution is -2.20. The van der Waals surface area contributed by atoms with Crippen LogP contribution in [0.5, 0.6) is 5.75 Å². The monoisotopic (exact) mass is 317 g/mol. The molecule has 1 aromatic carbocycles. The Hall–Kier alpha value is -1.76. The summed E-state index contributed by atoms with van der Waals surface area (Å²) in [6.07, 6.45) is -2.21. The number of amides is 1. The molecule has 0 saturated heterocycles. The van der Waals surface area contributed by atoms with Gasteiger partial charge in [-0.15, -0.1) is 0 Å².